The maximum atomic E-state index is 11.6. The molecule has 0 aliphatic heterocycles. The van der Waals surface area contributed by atoms with Crippen LogP contribution in [0.3, 0.4) is 0 Å². The smallest absolute Gasteiger partial charge is 0.310 e. The molecular formula is C13H15ClO4. The second-order valence-corrected chi connectivity index (χ2v) is 4.81. The zero-order chi connectivity index (χ0) is 13.6. The molecule has 0 fully saturated rings. The van der Waals surface area contributed by atoms with E-state index < -0.39 is 11.6 Å². The van der Waals surface area contributed by atoms with Crippen LogP contribution in [0.25, 0.3) is 0 Å². The van der Waals surface area contributed by atoms with Crippen LogP contribution >= 0.6 is 11.6 Å². The van der Waals surface area contributed by atoms with Gasteiger partial charge in [0.2, 0.25) is 0 Å². The maximum absolute atomic E-state index is 11.6. The molecule has 18 heavy (non-hydrogen) atoms. The first-order valence-corrected chi connectivity index (χ1v) is 5.83. The van der Waals surface area contributed by atoms with Gasteiger partial charge in [0.25, 0.3) is 6.47 Å². The van der Waals surface area contributed by atoms with Gasteiger partial charge in [-0.05, 0) is 19.9 Å². The summed E-state index contributed by atoms with van der Waals surface area (Å²) in [5.41, 5.74) is -0.124. The van der Waals surface area contributed by atoms with E-state index in [-0.39, 0.29) is 13.0 Å². The Balaban J connectivity index is 2.47. The van der Waals surface area contributed by atoms with Crippen molar-refractivity contribution in [2.24, 2.45) is 0 Å². The number of hydrogen-bond acceptors (Lipinski definition) is 4. The van der Waals surface area contributed by atoms with E-state index in [9.17, 15) is 9.59 Å². The molecule has 0 bridgehead atoms. The van der Waals surface area contributed by atoms with Gasteiger partial charge in [0.1, 0.15) is 12.2 Å². The summed E-state index contributed by atoms with van der Waals surface area (Å²) in [4.78, 5) is 21.8. The first-order valence-electron chi connectivity index (χ1n) is 5.45. The van der Waals surface area contributed by atoms with Crippen molar-refractivity contribution in [3.63, 3.8) is 0 Å². The lowest BCUT2D eigenvalue weighted by atomic mass is 10.1. The average molecular weight is 271 g/mol. The zero-order valence-electron chi connectivity index (χ0n) is 10.3. The SMILES string of the molecule is CC(C)(CC(=O)OCc1ccccc1Cl)OC=O. The fourth-order valence-corrected chi connectivity index (χ4v) is 1.53. The molecule has 0 saturated heterocycles. The van der Waals surface area contributed by atoms with Crippen LogP contribution in [0.1, 0.15) is 25.8 Å². The monoisotopic (exact) mass is 270 g/mol. The molecule has 1 aromatic carbocycles. The van der Waals surface area contributed by atoms with Crippen molar-refractivity contribution in [1.29, 1.82) is 0 Å². The lowest BCUT2D eigenvalue weighted by Crippen LogP contribution is -2.28. The van der Waals surface area contributed by atoms with Gasteiger partial charge in [-0.25, -0.2) is 0 Å². The van der Waals surface area contributed by atoms with E-state index >= 15 is 0 Å². The van der Waals surface area contributed by atoms with Gasteiger partial charge < -0.3 is 9.47 Å². The lowest BCUT2D eigenvalue weighted by Gasteiger charge is -2.21. The van der Waals surface area contributed by atoms with Crippen molar-refractivity contribution in [1.82, 2.24) is 0 Å². The van der Waals surface area contributed by atoms with Crippen LogP contribution in [-0.2, 0) is 25.7 Å². The van der Waals surface area contributed by atoms with E-state index in [0.717, 1.165) is 5.56 Å². The number of carbonyl (C=O) groups excluding carboxylic acids is 2. The van der Waals surface area contributed by atoms with Gasteiger partial charge in [0, 0.05) is 10.6 Å². The standard InChI is InChI=1S/C13H15ClO4/c1-13(2,18-9-15)7-12(16)17-8-10-5-3-4-6-11(10)14/h3-6,9H,7-8H2,1-2H3. The highest BCUT2D eigenvalue weighted by Gasteiger charge is 2.24. The fourth-order valence-electron chi connectivity index (χ4n) is 1.34. The minimum absolute atomic E-state index is 0.00378. The predicted molar refractivity (Wildman–Crippen MR) is 67.1 cm³/mol. The Kier molecular flexibility index (Phi) is 5.16. The largest absolute Gasteiger partial charge is 0.461 e. The Hall–Kier alpha value is -1.55. The number of ether oxygens (including phenoxy) is 2. The highest BCUT2D eigenvalue weighted by Crippen LogP contribution is 2.18. The number of hydrogen-bond donors (Lipinski definition) is 0. The van der Waals surface area contributed by atoms with Crippen LogP contribution in [0, 0.1) is 0 Å². The van der Waals surface area contributed by atoms with Crippen molar-refractivity contribution in [2.45, 2.75) is 32.5 Å². The summed E-state index contributed by atoms with van der Waals surface area (Å²) in [5.74, 6) is -0.443. The van der Waals surface area contributed by atoms with Gasteiger partial charge >= 0.3 is 5.97 Å². The molecule has 0 spiro atoms. The van der Waals surface area contributed by atoms with Gasteiger partial charge in [-0.2, -0.15) is 0 Å². The van der Waals surface area contributed by atoms with Gasteiger partial charge in [-0.3, -0.25) is 9.59 Å². The van der Waals surface area contributed by atoms with E-state index in [0.29, 0.717) is 11.5 Å². The first-order chi connectivity index (χ1) is 8.44. The van der Waals surface area contributed by atoms with Gasteiger partial charge in [0.15, 0.2) is 0 Å². The second-order valence-electron chi connectivity index (χ2n) is 4.40. The zero-order valence-corrected chi connectivity index (χ0v) is 11.1. The quantitative estimate of drug-likeness (QED) is 0.589. The molecule has 1 rings (SSSR count). The topological polar surface area (TPSA) is 52.6 Å². The van der Waals surface area contributed by atoms with Crippen molar-refractivity contribution in [3.05, 3.63) is 34.9 Å². The lowest BCUT2D eigenvalue weighted by molar-refractivity contribution is -0.155. The highest BCUT2D eigenvalue weighted by atomic mass is 35.5. The van der Waals surface area contributed by atoms with E-state index in [2.05, 4.69) is 0 Å². The third kappa shape index (κ3) is 4.75. The number of carbonyl (C=O) groups is 2. The summed E-state index contributed by atoms with van der Waals surface area (Å²) >= 11 is 5.93. The fraction of sp³-hybridized carbons (Fsp3) is 0.385. The molecule has 0 N–H and O–H groups in total. The van der Waals surface area contributed by atoms with Gasteiger partial charge in [-0.1, -0.05) is 29.8 Å². The van der Waals surface area contributed by atoms with Crippen molar-refractivity contribution >= 4 is 24.0 Å². The van der Waals surface area contributed by atoms with Crippen LogP contribution in [-0.4, -0.2) is 18.0 Å². The Morgan fingerprint density at radius 2 is 2.06 bits per heavy atom. The summed E-state index contributed by atoms with van der Waals surface area (Å²) in [6.45, 7) is 3.70. The molecule has 0 radical (unpaired) electrons. The minimum atomic E-state index is -0.862. The third-order valence-corrected chi connectivity index (χ3v) is 2.65. The molecule has 1 aromatic rings. The number of benzene rings is 1. The second kappa shape index (κ2) is 6.40. The Morgan fingerprint density at radius 1 is 1.39 bits per heavy atom. The van der Waals surface area contributed by atoms with E-state index in [1.54, 1.807) is 32.0 Å². The van der Waals surface area contributed by atoms with Crippen LogP contribution < -0.4 is 0 Å². The normalized spacial score (nSPS) is 10.8. The van der Waals surface area contributed by atoms with Crippen LogP contribution in [0.2, 0.25) is 5.02 Å². The molecule has 0 heterocycles. The molecule has 98 valence electrons. The molecule has 0 aromatic heterocycles. The molecule has 0 saturated carbocycles. The molecule has 5 heteroatoms. The third-order valence-electron chi connectivity index (χ3n) is 2.28. The van der Waals surface area contributed by atoms with E-state index in [1.807, 2.05) is 6.07 Å². The van der Waals surface area contributed by atoms with Crippen molar-refractivity contribution < 1.29 is 19.1 Å². The van der Waals surface area contributed by atoms with Crippen LogP contribution in [0.5, 0.6) is 0 Å². The van der Waals surface area contributed by atoms with Crippen LogP contribution in [0.4, 0.5) is 0 Å². The Morgan fingerprint density at radius 3 is 2.67 bits per heavy atom. The highest BCUT2D eigenvalue weighted by molar-refractivity contribution is 6.31. The predicted octanol–water partition coefficient (Wildman–Crippen LogP) is 2.72. The Labute approximate surface area is 111 Å². The summed E-state index contributed by atoms with van der Waals surface area (Å²) in [7, 11) is 0. The first kappa shape index (κ1) is 14.5. The number of halogens is 1. The molecule has 0 unspecified atom stereocenters. The molecule has 4 nitrogen and oxygen atoms in total. The van der Waals surface area contributed by atoms with Crippen molar-refractivity contribution in [2.75, 3.05) is 0 Å². The summed E-state index contributed by atoms with van der Waals surface area (Å²) < 4.78 is 9.84. The Bertz CT molecular complexity index is 429. The minimum Gasteiger partial charge on any atom is -0.461 e. The van der Waals surface area contributed by atoms with Gasteiger partial charge in [0.05, 0.1) is 6.42 Å². The van der Waals surface area contributed by atoms with Crippen LogP contribution in [0.15, 0.2) is 24.3 Å². The summed E-state index contributed by atoms with van der Waals surface area (Å²) in [6, 6.07) is 7.12. The van der Waals surface area contributed by atoms with E-state index in [4.69, 9.17) is 21.1 Å². The average Bonchev–Trinajstić information content (AvgIpc) is 2.27. The summed E-state index contributed by atoms with van der Waals surface area (Å²) in [5, 5.41) is 0.550. The van der Waals surface area contributed by atoms with Gasteiger partial charge in [-0.15, -0.1) is 0 Å². The number of rotatable bonds is 6. The van der Waals surface area contributed by atoms with E-state index in [1.165, 1.54) is 0 Å². The maximum Gasteiger partial charge on any atom is 0.310 e. The molecular weight excluding hydrogens is 256 g/mol. The molecule has 0 amide bonds. The number of esters is 1. The molecule has 0 aliphatic rings. The van der Waals surface area contributed by atoms with Crippen molar-refractivity contribution in [3.8, 4) is 0 Å². The molecule has 0 atom stereocenters. The summed E-state index contributed by atoms with van der Waals surface area (Å²) in [6.07, 6.45) is -0.00378. The molecule has 0 aliphatic carbocycles.